The zero-order chi connectivity index (χ0) is 22.0. The number of alkyl halides is 1. The number of methoxy groups -OCH3 is 1. The molecule has 8 nitrogen and oxygen atoms in total. The molecule has 2 aliphatic rings. The Bertz CT molecular complexity index is 1010. The molecule has 164 valence electrons. The van der Waals surface area contributed by atoms with Crippen LogP contribution in [0.3, 0.4) is 0 Å². The van der Waals surface area contributed by atoms with Crippen molar-refractivity contribution >= 4 is 28.5 Å². The van der Waals surface area contributed by atoms with Gasteiger partial charge in [0.15, 0.2) is 5.17 Å². The van der Waals surface area contributed by atoms with E-state index in [0.29, 0.717) is 28.6 Å². The molecule has 1 aromatic heterocycles. The maximum Gasteiger partial charge on any atom is 0.275 e. The minimum atomic E-state index is -1.04. The fourth-order valence-corrected chi connectivity index (χ4v) is 5.14. The highest BCUT2D eigenvalue weighted by molar-refractivity contribution is 8.13. The van der Waals surface area contributed by atoms with Crippen molar-refractivity contribution in [1.82, 2.24) is 9.97 Å². The van der Waals surface area contributed by atoms with Crippen LogP contribution < -0.4 is 15.8 Å². The summed E-state index contributed by atoms with van der Waals surface area (Å²) in [5.74, 6) is -0.226. The first-order valence-electron chi connectivity index (χ1n) is 9.58. The third-order valence-corrected chi connectivity index (χ3v) is 6.55. The Labute approximate surface area is 181 Å². The predicted octanol–water partition coefficient (Wildman–Crippen LogP) is 2.86. The number of rotatable bonds is 6. The summed E-state index contributed by atoms with van der Waals surface area (Å²) in [6, 6.07) is 4.34. The lowest BCUT2D eigenvalue weighted by Gasteiger charge is -2.36. The molecule has 2 aromatic rings. The van der Waals surface area contributed by atoms with Gasteiger partial charge in [-0.15, -0.1) is 0 Å². The van der Waals surface area contributed by atoms with Crippen LogP contribution >= 0.6 is 11.8 Å². The standard InChI is InChI=1S/C20H21F2N5O3S/c1-29-13-4-11-9-31-19(23)27-20(11,6-13)14-5-12(2-3-15(14)22)26-18(28)16-7-25-17(8-24-16)30-10-21/h2-3,5,7-8,11,13H,4,6,9-10H2,1H3,(H2,23,27)(H,26,28)/t11-,13+,20-/m0/s1. The molecule has 4 rings (SSSR count). The Morgan fingerprint density at radius 2 is 2.23 bits per heavy atom. The number of amidine groups is 1. The average molecular weight is 449 g/mol. The number of benzene rings is 1. The number of carbonyl (C=O) groups excluding carboxylic acids is 1. The monoisotopic (exact) mass is 449 g/mol. The Balaban J connectivity index is 1.62. The molecule has 1 aromatic carbocycles. The predicted molar refractivity (Wildman–Crippen MR) is 112 cm³/mol. The second kappa shape index (κ2) is 8.75. The van der Waals surface area contributed by atoms with Crippen molar-refractivity contribution in [2.75, 3.05) is 25.0 Å². The number of hydrogen-bond donors (Lipinski definition) is 2. The highest BCUT2D eigenvalue weighted by Crippen LogP contribution is 2.52. The molecule has 31 heavy (non-hydrogen) atoms. The molecule has 3 N–H and O–H groups in total. The van der Waals surface area contributed by atoms with Gasteiger partial charge in [0.2, 0.25) is 12.7 Å². The zero-order valence-electron chi connectivity index (χ0n) is 16.7. The van der Waals surface area contributed by atoms with E-state index in [-0.39, 0.29) is 23.6 Å². The summed E-state index contributed by atoms with van der Waals surface area (Å²) < 4.78 is 37.3. The quantitative estimate of drug-likeness (QED) is 0.697. The van der Waals surface area contributed by atoms with Crippen molar-refractivity contribution in [1.29, 1.82) is 0 Å². The molecule has 1 aliphatic carbocycles. The van der Waals surface area contributed by atoms with Crippen molar-refractivity contribution in [3.05, 3.63) is 47.7 Å². The summed E-state index contributed by atoms with van der Waals surface area (Å²) in [6.45, 7) is -1.04. The number of amides is 1. The molecule has 3 atom stereocenters. The van der Waals surface area contributed by atoms with Crippen LogP contribution in [-0.2, 0) is 10.3 Å². The minimum absolute atomic E-state index is 0.00441. The lowest BCUT2D eigenvalue weighted by Crippen LogP contribution is -2.37. The van der Waals surface area contributed by atoms with Gasteiger partial charge in [-0.3, -0.25) is 9.79 Å². The molecule has 1 amide bonds. The molecule has 2 heterocycles. The normalized spacial score (nSPS) is 24.9. The number of fused-ring (bicyclic) bond motifs is 1. The highest BCUT2D eigenvalue weighted by Gasteiger charge is 2.52. The van der Waals surface area contributed by atoms with E-state index in [1.165, 1.54) is 30.1 Å². The molecular weight excluding hydrogens is 428 g/mol. The molecular formula is C20H21F2N5O3S. The first-order chi connectivity index (χ1) is 14.9. The van der Waals surface area contributed by atoms with Crippen LogP contribution in [0.15, 0.2) is 35.6 Å². The SMILES string of the molecule is CO[C@@H]1C[C@H]2CSC(N)=N[C@@]2(c2cc(NC(=O)c3cnc(OCF)cn3)ccc2F)C1. The molecule has 11 heteroatoms. The van der Waals surface area contributed by atoms with Crippen LogP contribution in [0.2, 0.25) is 0 Å². The van der Waals surface area contributed by atoms with Gasteiger partial charge in [-0.25, -0.2) is 18.7 Å². The van der Waals surface area contributed by atoms with Gasteiger partial charge in [0.05, 0.1) is 24.0 Å². The number of nitrogens with one attached hydrogen (secondary N) is 1. The van der Waals surface area contributed by atoms with Crippen molar-refractivity contribution in [3.8, 4) is 5.88 Å². The highest BCUT2D eigenvalue weighted by atomic mass is 32.2. The first-order valence-corrected chi connectivity index (χ1v) is 10.6. The van der Waals surface area contributed by atoms with Gasteiger partial charge in [-0.2, -0.15) is 0 Å². The van der Waals surface area contributed by atoms with Crippen LogP contribution in [-0.4, -0.2) is 46.9 Å². The van der Waals surface area contributed by atoms with Crippen LogP contribution in [0.4, 0.5) is 14.5 Å². The summed E-state index contributed by atoms with van der Waals surface area (Å²) in [6.07, 6.45) is 3.51. The smallest absolute Gasteiger partial charge is 0.275 e. The number of thioether (sulfide) groups is 1. The average Bonchev–Trinajstić information content (AvgIpc) is 3.14. The molecule has 0 bridgehead atoms. The molecule has 0 unspecified atom stereocenters. The minimum Gasteiger partial charge on any atom is -0.445 e. The van der Waals surface area contributed by atoms with E-state index < -0.39 is 24.1 Å². The number of hydrogen-bond acceptors (Lipinski definition) is 8. The van der Waals surface area contributed by atoms with Gasteiger partial charge in [0.25, 0.3) is 5.91 Å². The lowest BCUT2D eigenvalue weighted by molar-refractivity contribution is 0.101. The van der Waals surface area contributed by atoms with E-state index in [2.05, 4.69) is 25.0 Å². The molecule has 0 radical (unpaired) electrons. The van der Waals surface area contributed by atoms with Crippen LogP contribution in [0, 0.1) is 11.7 Å². The van der Waals surface area contributed by atoms with Crippen molar-refractivity contribution in [3.63, 3.8) is 0 Å². The maximum absolute atomic E-state index is 15.0. The first kappa shape index (κ1) is 21.4. The van der Waals surface area contributed by atoms with E-state index in [4.69, 9.17) is 10.5 Å². The Morgan fingerprint density at radius 3 is 2.94 bits per heavy atom. The van der Waals surface area contributed by atoms with E-state index in [0.717, 1.165) is 12.6 Å². The topological polar surface area (TPSA) is 112 Å². The summed E-state index contributed by atoms with van der Waals surface area (Å²) in [5, 5.41) is 3.10. The van der Waals surface area contributed by atoms with Crippen molar-refractivity contribution < 1.29 is 23.0 Å². The molecule has 0 saturated heterocycles. The Hall–Kier alpha value is -2.79. The van der Waals surface area contributed by atoms with Gasteiger partial charge in [-0.05, 0) is 24.6 Å². The third-order valence-electron chi connectivity index (χ3n) is 5.59. The summed E-state index contributed by atoms with van der Waals surface area (Å²) >= 11 is 1.45. The Morgan fingerprint density at radius 1 is 1.39 bits per heavy atom. The number of nitrogens with zero attached hydrogens (tertiary/aromatic N) is 3. The van der Waals surface area contributed by atoms with Gasteiger partial charge < -0.3 is 20.5 Å². The second-order valence-electron chi connectivity index (χ2n) is 7.32. The van der Waals surface area contributed by atoms with Crippen LogP contribution in [0.5, 0.6) is 5.88 Å². The van der Waals surface area contributed by atoms with E-state index in [9.17, 15) is 13.6 Å². The third kappa shape index (κ3) is 4.19. The van der Waals surface area contributed by atoms with Crippen molar-refractivity contribution in [2.45, 2.75) is 24.5 Å². The number of aromatic nitrogens is 2. The van der Waals surface area contributed by atoms with E-state index in [1.54, 1.807) is 13.2 Å². The maximum atomic E-state index is 15.0. The van der Waals surface area contributed by atoms with E-state index in [1.807, 2.05) is 0 Å². The summed E-state index contributed by atoms with van der Waals surface area (Å²) in [7, 11) is 1.63. The summed E-state index contributed by atoms with van der Waals surface area (Å²) in [4.78, 5) is 24.9. The van der Waals surface area contributed by atoms with Gasteiger partial charge >= 0.3 is 0 Å². The molecule has 0 spiro atoms. The Kier molecular flexibility index (Phi) is 6.05. The zero-order valence-corrected chi connectivity index (χ0v) is 17.5. The number of halogens is 2. The van der Waals surface area contributed by atoms with Gasteiger partial charge in [0.1, 0.15) is 11.5 Å². The van der Waals surface area contributed by atoms with Gasteiger partial charge in [-0.1, -0.05) is 11.8 Å². The number of anilines is 1. The lowest BCUT2D eigenvalue weighted by atomic mass is 9.81. The molecule has 1 aliphatic heterocycles. The molecule has 1 saturated carbocycles. The number of ether oxygens (including phenoxy) is 2. The van der Waals surface area contributed by atoms with Crippen LogP contribution in [0.1, 0.15) is 28.9 Å². The molecule has 1 fully saturated rings. The van der Waals surface area contributed by atoms with Gasteiger partial charge in [0, 0.05) is 36.5 Å². The van der Waals surface area contributed by atoms with E-state index >= 15 is 0 Å². The number of nitrogens with two attached hydrogens (primary N) is 1. The van der Waals surface area contributed by atoms with Crippen LogP contribution in [0.25, 0.3) is 0 Å². The second-order valence-corrected chi connectivity index (χ2v) is 8.36. The van der Waals surface area contributed by atoms with Crippen molar-refractivity contribution in [2.24, 2.45) is 16.6 Å². The fraction of sp³-hybridized carbons (Fsp3) is 0.400. The summed E-state index contributed by atoms with van der Waals surface area (Å²) in [5.41, 5.74) is 5.93. The number of carbonyl (C=O) groups is 1. The number of aliphatic imine (C=N–C) groups is 1. The largest absolute Gasteiger partial charge is 0.445 e. The fourth-order valence-electron chi connectivity index (χ4n) is 4.13.